The van der Waals surface area contributed by atoms with Crippen LogP contribution in [0.3, 0.4) is 0 Å². The maximum absolute atomic E-state index is 11.6. The van der Waals surface area contributed by atoms with Crippen LogP contribution >= 0.6 is 0 Å². The Bertz CT molecular complexity index is 495. The summed E-state index contributed by atoms with van der Waals surface area (Å²) in [7, 11) is 1.59. The van der Waals surface area contributed by atoms with Crippen molar-refractivity contribution < 1.29 is 9.53 Å². The third-order valence-corrected chi connectivity index (χ3v) is 3.45. The summed E-state index contributed by atoms with van der Waals surface area (Å²) in [5.74, 6) is 0.614. The monoisotopic (exact) mass is 248 g/mol. The van der Waals surface area contributed by atoms with Crippen molar-refractivity contribution in [1.82, 2.24) is 0 Å². The summed E-state index contributed by atoms with van der Waals surface area (Å²) >= 11 is 0. The number of nitrogens with two attached hydrogens (primary N) is 1. The number of rotatable bonds is 2. The van der Waals surface area contributed by atoms with Gasteiger partial charge in [-0.3, -0.25) is 4.79 Å². The lowest BCUT2D eigenvalue weighted by Gasteiger charge is -2.38. The average Bonchev–Trinajstić information content (AvgIpc) is 2.26. The maximum Gasteiger partial charge on any atom is 0.250 e. The van der Waals surface area contributed by atoms with Crippen molar-refractivity contribution in [2.45, 2.75) is 38.6 Å². The largest absolute Gasteiger partial charge is 0.497 e. The zero-order valence-electron chi connectivity index (χ0n) is 11.3. The fraction of sp³-hybridized carbons (Fsp3) is 0.500. The van der Waals surface area contributed by atoms with Gasteiger partial charge >= 0.3 is 0 Å². The molecule has 1 unspecified atom stereocenters. The smallest absolute Gasteiger partial charge is 0.250 e. The Morgan fingerprint density at radius 1 is 1.50 bits per heavy atom. The van der Waals surface area contributed by atoms with Gasteiger partial charge in [0, 0.05) is 5.54 Å². The predicted molar refractivity (Wildman–Crippen MR) is 72.2 cm³/mol. The van der Waals surface area contributed by atoms with Crippen LogP contribution in [0.5, 0.6) is 5.75 Å². The summed E-state index contributed by atoms with van der Waals surface area (Å²) < 4.78 is 5.24. The summed E-state index contributed by atoms with van der Waals surface area (Å²) in [5, 5.41) is 3.41. The first-order valence-corrected chi connectivity index (χ1v) is 6.14. The summed E-state index contributed by atoms with van der Waals surface area (Å²) in [6, 6.07) is 3.68. The van der Waals surface area contributed by atoms with E-state index in [0.717, 1.165) is 17.7 Å². The molecular weight excluding hydrogens is 228 g/mol. The number of hydrogen-bond donors (Lipinski definition) is 2. The molecule has 0 fully saturated rings. The van der Waals surface area contributed by atoms with Crippen LogP contribution in [-0.4, -0.2) is 18.6 Å². The minimum absolute atomic E-state index is 0.0365. The Morgan fingerprint density at radius 3 is 2.72 bits per heavy atom. The molecule has 2 rings (SSSR count). The van der Waals surface area contributed by atoms with E-state index in [-0.39, 0.29) is 5.54 Å². The third kappa shape index (κ3) is 2.15. The normalized spacial score (nSPS) is 20.8. The van der Waals surface area contributed by atoms with Crippen molar-refractivity contribution in [1.29, 1.82) is 0 Å². The van der Waals surface area contributed by atoms with Gasteiger partial charge in [-0.25, -0.2) is 0 Å². The van der Waals surface area contributed by atoms with Crippen LogP contribution in [0.1, 0.15) is 49.0 Å². The van der Waals surface area contributed by atoms with Gasteiger partial charge in [0.05, 0.1) is 18.4 Å². The number of fused-ring (bicyclic) bond motifs is 1. The number of hydrogen-bond acceptors (Lipinski definition) is 3. The zero-order valence-corrected chi connectivity index (χ0v) is 11.3. The topological polar surface area (TPSA) is 64.3 Å². The number of carbonyl (C=O) groups excluding carboxylic acids is 1. The third-order valence-electron chi connectivity index (χ3n) is 3.45. The quantitative estimate of drug-likeness (QED) is 0.845. The number of nitrogens with one attached hydrogen (secondary N) is 1. The number of benzene rings is 1. The second-order valence-electron chi connectivity index (χ2n) is 5.62. The molecule has 1 aliphatic rings. The molecule has 1 aromatic carbocycles. The Morgan fingerprint density at radius 2 is 2.17 bits per heavy atom. The highest BCUT2D eigenvalue weighted by molar-refractivity contribution is 6.00. The molecule has 1 heterocycles. The zero-order chi connectivity index (χ0) is 13.5. The molecule has 0 spiro atoms. The molecule has 1 atom stereocenters. The molecule has 4 nitrogen and oxygen atoms in total. The van der Waals surface area contributed by atoms with Gasteiger partial charge in [-0.1, -0.05) is 6.92 Å². The van der Waals surface area contributed by atoms with Crippen LogP contribution in [0.2, 0.25) is 0 Å². The molecule has 0 aromatic heterocycles. The van der Waals surface area contributed by atoms with E-state index in [1.54, 1.807) is 13.2 Å². The summed E-state index contributed by atoms with van der Waals surface area (Å²) in [6.45, 7) is 6.41. The number of ether oxygens (including phenoxy) is 1. The highest BCUT2D eigenvalue weighted by atomic mass is 16.5. The van der Waals surface area contributed by atoms with Crippen molar-refractivity contribution in [3.05, 3.63) is 23.3 Å². The fourth-order valence-electron chi connectivity index (χ4n) is 2.74. The van der Waals surface area contributed by atoms with Crippen LogP contribution in [-0.2, 0) is 0 Å². The number of amides is 1. The van der Waals surface area contributed by atoms with Crippen LogP contribution in [0.25, 0.3) is 0 Å². The number of methoxy groups -OCH3 is 1. The molecule has 0 radical (unpaired) electrons. The van der Waals surface area contributed by atoms with Crippen molar-refractivity contribution in [3.8, 4) is 5.75 Å². The maximum atomic E-state index is 11.6. The number of carbonyl (C=O) groups is 1. The van der Waals surface area contributed by atoms with Gasteiger partial charge in [0.15, 0.2) is 0 Å². The lowest BCUT2D eigenvalue weighted by atomic mass is 9.80. The van der Waals surface area contributed by atoms with E-state index in [0.29, 0.717) is 17.2 Å². The van der Waals surface area contributed by atoms with E-state index in [1.807, 2.05) is 6.07 Å². The van der Waals surface area contributed by atoms with E-state index in [4.69, 9.17) is 10.5 Å². The van der Waals surface area contributed by atoms with Gasteiger partial charge < -0.3 is 15.8 Å². The Hall–Kier alpha value is -1.71. The van der Waals surface area contributed by atoms with Crippen LogP contribution in [0.4, 0.5) is 5.69 Å². The molecule has 3 N–H and O–H groups in total. The lowest BCUT2D eigenvalue weighted by molar-refractivity contribution is 0.100. The molecule has 0 aliphatic carbocycles. The average molecular weight is 248 g/mol. The first kappa shape index (κ1) is 12.7. The van der Waals surface area contributed by atoms with Gasteiger partial charge in [-0.05, 0) is 43.9 Å². The molecule has 4 heteroatoms. The first-order chi connectivity index (χ1) is 8.34. The van der Waals surface area contributed by atoms with Gasteiger partial charge in [0.2, 0.25) is 0 Å². The van der Waals surface area contributed by atoms with E-state index in [9.17, 15) is 4.79 Å². The minimum Gasteiger partial charge on any atom is -0.497 e. The van der Waals surface area contributed by atoms with Gasteiger partial charge in [-0.15, -0.1) is 0 Å². The SMILES string of the molecule is COc1cc(C(N)=O)c2c(c1)C(C)CC(C)(C)N2. The molecule has 0 saturated heterocycles. The molecule has 1 aromatic rings. The fourth-order valence-corrected chi connectivity index (χ4v) is 2.74. The van der Waals surface area contributed by atoms with Gasteiger partial charge in [-0.2, -0.15) is 0 Å². The lowest BCUT2D eigenvalue weighted by Crippen LogP contribution is -2.38. The van der Waals surface area contributed by atoms with Crippen molar-refractivity contribution in [2.24, 2.45) is 5.73 Å². The minimum atomic E-state index is -0.428. The van der Waals surface area contributed by atoms with E-state index in [2.05, 4.69) is 26.1 Å². The molecule has 1 aliphatic heterocycles. The Balaban J connectivity index is 2.62. The van der Waals surface area contributed by atoms with Crippen LogP contribution in [0, 0.1) is 0 Å². The van der Waals surface area contributed by atoms with E-state index < -0.39 is 5.91 Å². The molecule has 0 bridgehead atoms. The summed E-state index contributed by atoms with van der Waals surface area (Å²) in [6.07, 6.45) is 1.01. The predicted octanol–water partition coefficient (Wildman–Crippen LogP) is 2.49. The molecule has 0 saturated carbocycles. The molecule has 18 heavy (non-hydrogen) atoms. The highest BCUT2D eigenvalue weighted by Gasteiger charge is 2.32. The van der Waals surface area contributed by atoms with E-state index >= 15 is 0 Å². The second-order valence-corrected chi connectivity index (χ2v) is 5.62. The van der Waals surface area contributed by atoms with E-state index in [1.165, 1.54) is 0 Å². The van der Waals surface area contributed by atoms with Crippen molar-refractivity contribution >= 4 is 11.6 Å². The number of primary amides is 1. The van der Waals surface area contributed by atoms with Crippen molar-refractivity contribution in [2.75, 3.05) is 12.4 Å². The summed E-state index contributed by atoms with van der Waals surface area (Å²) in [5.41, 5.74) is 7.88. The highest BCUT2D eigenvalue weighted by Crippen LogP contribution is 2.42. The van der Waals surface area contributed by atoms with Gasteiger partial charge in [0.1, 0.15) is 5.75 Å². The summed E-state index contributed by atoms with van der Waals surface area (Å²) in [4.78, 5) is 11.6. The standard InChI is InChI=1S/C14H20N2O2/c1-8-7-14(2,3)16-12-10(8)5-9(18-4)6-11(12)13(15)17/h5-6,8,16H,7H2,1-4H3,(H2,15,17). The Labute approximate surface area is 108 Å². The second kappa shape index (κ2) is 4.19. The molecule has 1 amide bonds. The molecule has 98 valence electrons. The first-order valence-electron chi connectivity index (χ1n) is 6.14. The number of anilines is 1. The Kier molecular flexibility index (Phi) is 2.97. The molecular formula is C14H20N2O2. The van der Waals surface area contributed by atoms with Crippen molar-refractivity contribution in [3.63, 3.8) is 0 Å². The van der Waals surface area contributed by atoms with Crippen LogP contribution < -0.4 is 15.8 Å². The van der Waals surface area contributed by atoms with Crippen LogP contribution in [0.15, 0.2) is 12.1 Å². The van der Waals surface area contributed by atoms with Gasteiger partial charge in [0.25, 0.3) is 5.91 Å².